The fourth-order valence-corrected chi connectivity index (χ4v) is 4.78. The molecule has 0 atom stereocenters. The molecule has 0 spiro atoms. The molecule has 3 aromatic heterocycles. The molecular formula is C29H28N4O. The fraction of sp³-hybridized carbons (Fsp3) is 0.310. The average molecular weight is 453 g/mol. The number of aryl methyl sites for hydroxylation is 1. The lowest BCUT2D eigenvalue weighted by atomic mass is 9.72. The van der Waals surface area contributed by atoms with Crippen molar-refractivity contribution < 1.29 is 9.90 Å². The van der Waals surface area contributed by atoms with E-state index in [0.29, 0.717) is 29.7 Å². The first-order valence-corrected chi connectivity index (χ1v) is 11.7. The van der Waals surface area contributed by atoms with Crippen LogP contribution in [-0.4, -0.2) is 20.2 Å². The molecule has 0 N–H and O–H groups in total. The summed E-state index contributed by atoms with van der Waals surface area (Å²) >= 11 is 0. The van der Waals surface area contributed by atoms with Gasteiger partial charge in [0.15, 0.2) is 5.82 Å². The lowest BCUT2D eigenvalue weighted by Crippen LogP contribution is -2.21. The van der Waals surface area contributed by atoms with E-state index in [1.165, 1.54) is 0 Å². The van der Waals surface area contributed by atoms with Gasteiger partial charge in [-0.1, -0.05) is 56.3 Å². The van der Waals surface area contributed by atoms with Crippen LogP contribution in [0.4, 0.5) is 0 Å². The Morgan fingerprint density at radius 2 is 1.74 bits per heavy atom. The number of pyridine rings is 1. The van der Waals surface area contributed by atoms with Gasteiger partial charge in [-0.05, 0) is 56.1 Å². The summed E-state index contributed by atoms with van der Waals surface area (Å²) in [5.74, 6) is -0.893. The number of nitrogens with zero attached hydrogens (tertiary/aromatic N) is 4. The second-order valence-electron chi connectivity index (χ2n) is 9.80. The maximum absolute atomic E-state index is 9.26. The molecule has 170 valence electrons. The third kappa shape index (κ3) is 3.65. The Balaban J connectivity index is 1.50. The van der Waals surface area contributed by atoms with Crippen molar-refractivity contribution in [3.8, 4) is 22.6 Å². The Morgan fingerprint density at radius 3 is 2.53 bits per heavy atom. The second-order valence-corrected chi connectivity index (χ2v) is 9.80. The number of benzene rings is 2. The maximum Gasteiger partial charge on any atom is 0.227 e. The van der Waals surface area contributed by atoms with Crippen molar-refractivity contribution >= 4 is 22.1 Å². The maximum atomic E-state index is 9.26. The molecule has 1 aliphatic rings. The number of fused-ring (bicyclic) bond motifs is 3. The number of furan rings is 1. The van der Waals surface area contributed by atoms with Gasteiger partial charge in [0.25, 0.3) is 0 Å². The van der Waals surface area contributed by atoms with Crippen LogP contribution in [0.5, 0.6) is 0 Å². The summed E-state index contributed by atoms with van der Waals surface area (Å²) in [5.41, 5.74) is 3.54. The van der Waals surface area contributed by atoms with Crippen molar-refractivity contribution in [2.24, 2.45) is 5.41 Å². The molecule has 0 unspecified atom stereocenters. The number of rotatable bonds is 3. The van der Waals surface area contributed by atoms with Gasteiger partial charge in [0.05, 0.1) is 22.6 Å². The van der Waals surface area contributed by atoms with E-state index in [9.17, 15) is 1.37 Å². The van der Waals surface area contributed by atoms with Crippen LogP contribution in [0.3, 0.4) is 0 Å². The molecule has 0 saturated heterocycles. The summed E-state index contributed by atoms with van der Waals surface area (Å²) in [5, 5.41) is 10.1. The highest BCUT2D eigenvalue weighted by Crippen LogP contribution is 2.43. The van der Waals surface area contributed by atoms with Crippen molar-refractivity contribution in [3.05, 3.63) is 72.1 Å². The van der Waals surface area contributed by atoms with E-state index < -0.39 is 12.7 Å². The van der Waals surface area contributed by atoms with Crippen LogP contribution in [0, 0.1) is 12.3 Å². The monoisotopic (exact) mass is 452 g/mol. The second kappa shape index (κ2) is 8.01. The summed E-state index contributed by atoms with van der Waals surface area (Å²) in [6.07, 6.45) is 2.65. The van der Waals surface area contributed by atoms with Crippen molar-refractivity contribution in [3.63, 3.8) is 0 Å². The largest absolute Gasteiger partial charge is 0.437 e. The summed E-state index contributed by atoms with van der Waals surface area (Å²) in [4.78, 5) is 9.49. The van der Waals surface area contributed by atoms with Crippen molar-refractivity contribution in [1.29, 1.82) is 0 Å². The molecule has 1 fully saturated rings. The van der Waals surface area contributed by atoms with Gasteiger partial charge in [-0.3, -0.25) is 0 Å². The van der Waals surface area contributed by atoms with Gasteiger partial charge in [0.1, 0.15) is 5.58 Å². The van der Waals surface area contributed by atoms with Gasteiger partial charge in [-0.25, -0.2) is 9.97 Å². The topological polar surface area (TPSA) is 64.7 Å². The zero-order valence-electron chi connectivity index (χ0n) is 23.3. The minimum absolute atomic E-state index is 0.111. The predicted octanol–water partition coefficient (Wildman–Crippen LogP) is 7.49. The molecule has 2 aromatic carbocycles. The van der Waals surface area contributed by atoms with Gasteiger partial charge in [-0.2, -0.15) is 5.10 Å². The van der Waals surface area contributed by atoms with Crippen LogP contribution in [0.1, 0.15) is 62.3 Å². The molecular weight excluding hydrogens is 420 g/mol. The number of para-hydroxylation sites is 1. The predicted molar refractivity (Wildman–Crippen MR) is 135 cm³/mol. The highest BCUT2D eigenvalue weighted by Gasteiger charge is 2.30. The SMILES string of the molecule is [2H]C([2H])([2H])c1nnc(-c2cccc3c2oc2nc(-c4ccccc4)ccc23)nc1C1([2H])CCC(C)(C)CC1. The van der Waals surface area contributed by atoms with E-state index in [4.69, 9.17) is 18.5 Å². The van der Waals surface area contributed by atoms with Gasteiger partial charge in [0.2, 0.25) is 5.71 Å². The standard InChI is InChI=1S/C29H28N4O/c1-18-25(20-14-16-29(2,3)17-15-20)31-27(33-32-18)23-11-7-10-21-22-12-13-24(19-8-5-4-6-9-19)30-28(22)34-26(21)23/h4-13,20H,14-17H2,1-3H3/i1D3,20D. The molecule has 5 nitrogen and oxygen atoms in total. The van der Waals surface area contributed by atoms with E-state index in [1.807, 2.05) is 60.7 Å². The Kier molecular flexibility index (Phi) is 3.99. The molecule has 6 rings (SSSR count). The van der Waals surface area contributed by atoms with Crippen LogP contribution in [0.2, 0.25) is 0 Å². The molecule has 0 bridgehead atoms. The normalized spacial score (nSPS) is 19.4. The summed E-state index contributed by atoms with van der Waals surface area (Å²) < 4.78 is 39.7. The van der Waals surface area contributed by atoms with Crippen LogP contribution in [0.25, 0.3) is 44.7 Å². The van der Waals surface area contributed by atoms with Crippen LogP contribution >= 0.6 is 0 Å². The highest BCUT2D eigenvalue weighted by molar-refractivity contribution is 6.08. The molecule has 0 radical (unpaired) electrons. The molecule has 5 heteroatoms. The Morgan fingerprint density at radius 1 is 0.912 bits per heavy atom. The molecule has 0 aliphatic heterocycles. The average Bonchev–Trinajstić information content (AvgIpc) is 3.28. The zero-order chi connectivity index (χ0) is 26.7. The Hall–Kier alpha value is -3.60. The lowest BCUT2D eigenvalue weighted by Gasteiger charge is -2.34. The summed E-state index contributed by atoms with van der Waals surface area (Å²) in [6, 6.07) is 19.5. The van der Waals surface area contributed by atoms with Gasteiger partial charge >= 0.3 is 0 Å². The minimum Gasteiger partial charge on any atom is -0.437 e. The van der Waals surface area contributed by atoms with Gasteiger partial charge in [-0.15, -0.1) is 5.10 Å². The zero-order valence-corrected chi connectivity index (χ0v) is 19.3. The molecule has 1 saturated carbocycles. The molecule has 5 aromatic rings. The molecule has 34 heavy (non-hydrogen) atoms. The first-order chi connectivity index (χ1) is 18.0. The van der Waals surface area contributed by atoms with Crippen molar-refractivity contribution in [2.75, 3.05) is 0 Å². The van der Waals surface area contributed by atoms with E-state index in [2.05, 4.69) is 24.0 Å². The first-order valence-electron chi connectivity index (χ1n) is 13.7. The number of hydrogen-bond donors (Lipinski definition) is 0. The fourth-order valence-electron chi connectivity index (χ4n) is 4.78. The lowest BCUT2D eigenvalue weighted by molar-refractivity contribution is 0.222. The summed E-state index contributed by atoms with van der Waals surface area (Å²) in [7, 11) is 0. The quantitative estimate of drug-likeness (QED) is 0.284. The summed E-state index contributed by atoms with van der Waals surface area (Å²) in [6.45, 7) is 1.85. The smallest absolute Gasteiger partial charge is 0.227 e. The number of hydrogen-bond acceptors (Lipinski definition) is 5. The molecule has 0 amide bonds. The molecule has 1 aliphatic carbocycles. The van der Waals surface area contributed by atoms with Gasteiger partial charge < -0.3 is 4.42 Å². The minimum atomic E-state index is -2.52. The van der Waals surface area contributed by atoms with E-state index in [-0.39, 0.29) is 22.6 Å². The third-order valence-corrected chi connectivity index (χ3v) is 6.90. The van der Waals surface area contributed by atoms with Gasteiger partial charge in [0, 0.05) is 27.7 Å². The number of aromatic nitrogens is 4. The van der Waals surface area contributed by atoms with Crippen molar-refractivity contribution in [1.82, 2.24) is 20.2 Å². The third-order valence-electron chi connectivity index (χ3n) is 6.90. The van der Waals surface area contributed by atoms with Crippen LogP contribution < -0.4 is 0 Å². The van der Waals surface area contributed by atoms with Crippen LogP contribution in [-0.2, 0) is 0 Å². The highest BCUT2D eigenvalue weighted by atomic mass is 16.3. The Bertz CT molecular complexity index is 1650. The van der Waals surface area contributed by atoms with E-state index in [1.54, 1.807) is 0 Å². The van der Waals surface area contributed by atoms with E-state index >= 15 is 0 Å². The first kappa shape index (κ1) is 16.9. The molecule has 3 heterocycles. The van der Waals surface area contributed by atoms with Crippen LogP contribution in [0.15, 0.2) is 65.1 Å². The Labute approximate surface area is 204 Å². The van der Waals surface area contributed by atoms with Crippen molar-refractivity contribution in [2.45, 2.75) is 52.3 Å². The van der Waals surface area contributed by atoms with E-state index in [0.717, 1.165) is 34.9 Å².